The second kappa shape index (κ2) is 6.65. The molecule has 0 aliphatic heterocycles. The number of carbonyl (C=O) groups is 3. The first-order chi connectivity index (χ1) is 9.31. The van der Waals surface area contributed by atoms with Crippen LogP contribution in [-0.2, 0) is 4.79 Å². The molecule has 1 aromatic heterocycles. The topological polar surface area (TPSA) is 108 Å². The predicted molar refractivity (Wildman–Crippen MR) is 71.4 cm³/mol. The molecule has 1 rings (SSSR count). The molecule has 7 nitrogen and oxygen atoms in total. The Morgan fingerprint density at radius 2 is 1.85 bits per heavy atom. The zero-order valence-electron chi connectivity index (χ0n) is 11.5. The minimum absolute atomic E-state index is 0.0265. The van der Waals surface area contributed by atoms with Crippen LogP contribution in [0.3, 0.4) is 0 Å². The van der Waals surface area contributed by atoms with Crippen molar-refractivity contribution in [1.29, 1.82) is 0 Å². The van der Waals surface area contributed by atoms with E-state index in [1.807, 2.05) is 13.8 Å². The number of pyridine rings is 1. The first-order valence-electron chi connectivity index (χ1n) is 6.12. The fourth-order valence-electron chi connectivity index (χ4n) is 1.44. The maximum absolute atomic E-state index is 11.9. The summed E-state index contributed by atoms with van der Waals surface area (Å²) < 4.78 is 0. The van der Waals surface area contributed by atoms with Crippen molar-refractivity contribution in [3.8, 4) is 0 Å². The summed E-state index contributed by atoms with van der Waals surface area (Å²) in [6, 6.07) is 1.80. The van der Waals surface area contributed by atoms with Gasteiger partial charge in [-0.2, -0.15) is 0 Å². The molecule has 1 heterocycles. The van der Waals surface area contributed by atoms with Crippen molar-refractivity contribution >= 4 is 17.8 Å². The van der Waals surface area contributed by atoms with E-state index in [9.17, 15) is 14.4 Å². The SMILES string of the molecule is CC(C)NC(=O)C(C)NC(=O)c1ccnc(C(=O)O)c1. The van der Waals surface area contributed by atoms with Crippen molar-refractivity contribution in [2.24, 2.45) is 0 Å². The summed E-state index contributed by atoms with van der Waals surface area (Å²) >= 11 is 0. The Balaban J connectivity index is 2.73. The van der Waals surface area contributed by atoms with Gasteiger partial charge in [0.2, 0.25) is 5.91 Å². The van der Waals surface area contributed by atoms with Gasteiger partial charge in [-0.1, -0.05) is 0 Å². The molecule has 0 saturated heterocycles. The minimum atomic E-state index is -1.22. The molecule has 0 bridgehead atoms. The van der Waals surface area contributed by atoms with Gasteiger partial charge in [-0.15, -0.1) is 0 Å². The molecule has 20 heavy (non-hydrogen) atoms. The summed E-state index contributed by atoms with van der Waals surface area (Å²) in [4.78, 5) is 38.0. The van der Waals surface area contributed by atoms with Crippen molar-refractivity contribution in [1.82, 2.24) is 15.6 Å². The Morgan fingerprint density at radius 1 is 1.20 bits per heavy atom. The Morgan fingerprint density at radius 3 is 2.40 bits per heavy atom. The van der Waals surface area contributed by atoms with Crippen molar-refractivity contribution < 1.29 is 19.5 Å². The lowest BCUT2D eigenvalue weighted by atomic mass is 10.2. The van der Waals surface area contributed by atoms with Crippen LogP contribution in [0.5, 0.6) is 0 Å². The molecule has 1 atom stereocenters. The molecule has 0 saturated carbocycles. The molecule has 7 heteroatoms. The van der Waals surface area contributed by atoms with Crippen LogP contribution in [0.2, 0.25) is 0 Å². The van der Waals surface area contributed by atoms with Gasteiger partial charge in [0.05, 0.1) is 0 Å². The summed E-state index contributed by atoms with van der Waals surface area (Å²) in [5.74, 6) is -2.05. The lowest BCUT2D eigenvalue weighted by Gasteiger charge is -2.16. The van der Waals surface area contributed by atoms with E-state index < -0.39 is 17.9 Å². The summed E-state index contributed by atoms with van der Waals surface area (Å²) in [7, 11) is 0. The highest BCUT2D eigenvalue weighted by Gasteiger charge is 2.18. The highest BCUT2D eigenvalue weighted by molar-refractivity contribution is 5.99. The Hall–Kier alpha value is -2.44. The maximum Gasteiger partial charge on any atom is 0.354 e. The van der Waals surface area contributed by atoms with Gasteiger partial charge >= 0.3 is 5.97 Å². The van der Waals surface area contributed by atoms with Gasteiger partial charge in [-0.25, -0.2) is 9.78 Å². The van der Waals surface area contributed by atoms with E-state index in [1.165, 1.54) is 12.3 Å². The van der Waals surface area contributed by atoms with Gasteiger partial charge in [0.25, 0.3) is 5.91 Å². The Labute approximate surface area is 116 Å². The quantitative estimate of drug-likeness (QED) is 0.724. The zero-order chi connectivity index (χ0) is 15.3. The molecule has 108 valence electrons. The van der Waals surface area contributed by atoms with E-state index in [-0.39, 0.29) is 23.2 Å². The summed E-state index contributed by atoms with van der Waals surface area (Å²) in [5.41, 5.74) is -0.0847. The molecule has 3 N–H and O–H groups in total. The Kier molecular flexibility index (Phi) is 5.19. The molecular formula is C13H17N3O4. The average molecular weight is 279 g/mol. The zero-order valence-corrected chi connectivity index (χ0v) is 11.5. The van der Waals surface area contributed by atoms with E-state index in [4.69, 9.17) is 5.11 Å². The molecular weight excluding hydrogens is 262 g/mol. The van der Waals surface area contributed by atoms with Crippen molar-refractivity contribution in [3.63, 3.8) is 0 Å². The average Bonchev–Trinajstić information content (AvgIpc) is 2.37. The fourth-order valence-corrected chi connectivity index (χ4v) is 1.44. The van der Waals surface area contributed by atoms with Crippen LogP contribution in [0.1, 0.15) is 41.6 Å². The molecule has 2 amide bonds. The van der Waals surface area contributed by atoms with Gasteiger partial charge in [-0.3, -0.25) is 9.59 Å². The number of carboxylic acids is 1. The van der Waals surface area contributed by atoms with Crippen LogP contribution in [0.4, 0.5) is 0 Å². The van der Waals surface area contributed by atoms with Gasteiger partial charge in [0.15, 0.2) is 0 Å². The highest BCUT2D eigenvalue weighted by Crippen LogP contribution is 2.02. The molecule has 1 unspecified atom stereocenters. The van der Waals surface area contributed by atoms with Crippen molar-refractivity contribution in [2.75, 3.05) is 0 Å². The van der Waals surface area contributed by atoms with Gasteiger partial charge in [0.1, 0.15) is 11.7 Å². The molecule has 0 radical (unpaired) electrons. The number of hydrogen-bond donors (Lipinski definition) is 3. The fraction of sp³-hybridized carbons (Fsp3) is 0.385. The normalized spacial score (nSPS) is 11.8. The van der Waals surface area contributed by atoms with Crippen LogP contribution in [0, 0.1) is 0 Å². The number of carbonyl (C=O) groups excluding carboxylic acids is 2. The van der Waals surface area contributed by atoms with E-state index in [0.29, 0.717) is 0 Å². The first-order valence-corrected chi connectivity index (χ1v) is 6.12. The lowest BCUT2D eigenvalue weighted by Crippen LogP contribution is -2.46. The number of nitrogens with one attached hydrogen (secondary N) is 2. The van der Waals surface area contributed by atoms with Gasteiger partial charge < -0.3 is 15.7 Å². The molecule has 1 aromatic rings. The number of hydrogen-bond acceptors (Lipinski definition) is 4. The number of aromatic nitrogens is 1. The largest absolute Gasteiger partial charge is 0.477 e. The molecule has 0 aliphatic carbocycles. The van der Waals surface area contributed by atoms with Crippen LogP contribution < -0.4 is 10.6 Å². The lowest BCUT2D eigenvalue weighted by molar-refractivity contribution is -0.123. The Bertz CT molecular complexity index is 528. The van der Waals surface area contributed by atoms with Crippen LogP contribution >= 0.6 is 0 Å². The number of carboxylic acid groups (broad SMARTS) is 1. The van der Waals surface area contributed by atoms with E-state index >= 15 is 0 Å². The van der Waals surface area contributed by atoms with Gasteiger partial charge in [-0.05, 0) is 32.9 Å². The predicted octanol–water partition coefficient (Wildman–Crippen LogP) is 0.423. The third kappa shape index (κ3) is 4.34. The number of aromatic carboxylic acids is 1. The van der Waals surface area contributed by atoms with Crippen molar-refractivity contribution in [3.05, 3.63) is 29.6 Å². The smallest absolute Gasteiger partial charge is 0.354 e. The van der Waals surface area contributed by atoms with E-state index in [1.54, 1.807) is 6.92 Å². The van der Waals surface area contributed by atoms with Crippen molar-refractivity contribution in [2.45, 2.75) is 32.9 Å². The van der Waals surface area contributed by atoms with E-state index in [2.05, 4.69) is 15.6 Å². The van der Waals surface area contributed by atoms with Crippen LogP contribution in [0.25, 0.3) is 0 Å². The summed E-state index contributed by atoms with van der Waals surface area (Å²) in [6.45, 7) is 5.18. The second-order valence-electron chi connectivity index (χ2n) is 4.59. The van der Waals surface area contributed by atoms with Crippen LogP contribution in [-0.4, -0.2) is 40.0 Å². The number of rotatable bonds is 5. The summed E-state index contributed by atoms with van der Waals surface area (Å²) in [6.07, 6.45) is 1.23. The standard InChI is InChI=1S/C13H17N3O4/c1-7(2)15-11(17)8(3)16-12(18)9-4-5-14-10(6-9)13(19)20/h4-8H,1-3H3,(H,15,17)(H,16,18)(H,19,20). The number of amides is 2. The minimum Gasteiger partial charge on any atom is -0.477 e. The third-order valence-corrected chi connectivity index (χ3v) is 2.41. The third-order valence-electron chi connectivity index (χ3n) is 2.41. The maximum atomic E-state index is 11.9. The first kappa shape index (κ1) is 15.6. The molecule has 0 aromatic carbocycles. The van der Waals surface area contributed by atoms with Crippen LogP contribution in [0.15, 0.2) is 18.3 Å². The summed E-state index contributed by atoms with van der Waals surface area (Å²) in [5, 5.41) is 14.0. The number of nitrogens with zero attached hydrogens (tertiary/aromatic N) is 1. The second-order valence-corrected chi connectivity index (χ2v) is 4.59. The molecule has 0 spiro atoms. The monoisotopic (exact) mass is 279 g/mol. The molecule has 0 fully saturated rings. The van der Waals surface area contributed by atoms with E-state index in [0.717, 1.165) is 6.07 Å². The van der Waals surface area contributed by atoms with Gasteiger partial charge in [0, 0.05) is 17.8 Å². The highest BCUT2D eigenvalue weighted by atomic mass is 16.4. The molecule has 0 aliphatic rings.